The minimum absolute atomic E-state index is 0.0353. The lowest BCUT2D eigenvalue weighted by atomic mass is 10.1. The Balaban J connectivity index is 1.90. The molecule has 0 radical (unpaired) electrons. The van der Waals surface area contributed by atoms with E-state index in [0.29, 0.717) is 18.2 Å². The molecule has 0 aliphatic rings. The van der Waals surface area contributed by atoms with Gasteiger partial charge < -0.3 is 14.4 Å². The Bertz CT molecular complexity index is 506. The van der Waals surface area contributed by atoms with E-state index in [1.54, 1.807) is 0 Å². The summed E-state index contributed by atoms with van der Waals surface area (Å²) in [6.45, 7) is 0.0353. The molecule has 0 fully saturated rings. The predicted octanol–water partition coefficient (Wildman–Crippen LogP) is 1.46. The Morgan fingerprint density at radius 2 is 1.63 bits per heavy atom. The summed E-state index contributed by atoms with van der Waals surface area (Å²) < 4.78 is 5.42. The van der Waals surface area contributed by atoms with Crippen molar-refractivity contribution in [1.82, 2.24) is 10.2 Å². The van der Waals surface area contributed by atoms with Crippen LogP contribution in [0.2, 0.25) is 0 Å². The van der Waals surface area contributed by atoms with Gasteiger partial charge in [-0.25, -0.2) is 0 Å². The molecule has 5 nitrogen and oxygen atoms in total. The Hall–Kier alpha value is -1.88. The number of hydrogen-bond acceptors (Lipinski definition) is 5. The molecule has 1 heterocycles. The summed E-state index contributed by atoms with van der Waals surface area (Å²) in [7, 11) is 4.05. The fourth-order valence-corrected chi connectivity index (χ4v) is 1.80. The van der Waals surface area contributed by atoms with Crippen LogP contribution in [0.15, 0.2) is 28.7 Å². The zero-order valence-corrected chi connectivity index (χ0v) is 11.3. The molecule has 0 bridgehead atoms. The molecule has 0 saturated carbocycles. The highest BCUT2D eigenvalue weighted by molar-refractivity contribution is 5.46. The third-order valence-corrected chi connectivity index (χ3v) is 2.91. The van der Waals surface area contributed by atoms with Crippen molar-refractivity contribution in [3.05, 3.63) is 41.6 Å². The highest BCUT2D eigenvalue weighted by Gasteiger charge is 2.06. The maximum absolute atomic E-state index is 8.78. The number of aliphatic hydroxyl groups is 1. The number of benzene rings is 1. The monoisotopic (exact) mass is 261 g/mol. The molecule has 0 spiro atoms. The number of aryl methyl sites for hydroxylation is 2. The second-order valence-electron chi connectivity index (χ2n) is 4.62. The van der Waals surface area contributed by atoms with Crippen LogP contribution in [0.4, 0.5) is 5.69 Å². The van der Waals surface area contributed by atoms with Gasteiger partial charge in [0.25, 0.3) is 0 Å². The molecule has 0 amide bonds. The number of rotatable bonds is 6. The Labute approximate surface area is 112 Å². The topological polar surface area (TPSA) is 62.4 Å². The van der Waals surface area contributed by atoms with Gasteiger partial charge in [0.2, 0.25) is 11.8 Å². The van der Waals surface area contributed by atoms with Crippen molar-refractivity contribution in [3.8, 4) is 0 Å². The van der Waals surface area contributed by atoms with Crippen LogP contribution in [-0.4, -0.2) is 36.0 Å². The lowest BCUT2D eigenvalue weighted by molar-refractivity contribution is 0.283. The van der Waals surface area contributed by atoms with E-state index in [2.05, 4.69) is 39.4 Å². The average Bonchev–Trinajstić information content (AvgIpc) is 2.85. The van der Waals surface area contributed by atoms with E-state index in [1.165, 1.54) is 11.3 Å². The van der Waals surface area contributed by atoms with Gasteiger partial charge in [-0.3, -0.25) is 0 Å². The van der Waals surface area contributed by atoms with Gasteiger partial charge in [-0.2, -0.15) is 0 Å². The molecule has 1 N–H and O–H groups in total. The van der Waals surface area contributed by atoms with Gasteiger partial charge in [-0.15, -0.1) is 10.2 Å². The molecule has 0 aliphatic carbocycles. The first kappa shape index (κ1) is 13.5. The summed E-state index contributed by atoms with van der Waals surface area (Å²) in [6, 6.07) is 8.42. The van der Waals surface area contributed by atoms with E-state index in [-0.39, 0.29) is 6.61 Å². The normalized spacial score (nSPS) is 10.7. The predicted molar refractivity (Wildman–Crippen MR) is 73.3 cm³/mol. The third kappa shape index (κ3) is 3.79. The largest absolute Gasteiger partial charge is 0.425 e. The molecule has 2 aromatic rings. The molecule has 2 rings (SSSR count). The van der Waals surface area contributed by atoms with E-state index in [1.807, 2.05) is 14.1 Å². The molecule has 1 aromatic carbocycles. The minimum Gasteiger partial charge on any atom is -0.425 e. The van der Waals surface area contributed by atoms with Crippen LogP contribution in [0.5, 0.6) is 0 Å². The van der Waals surface area contributed by atoms with Gasteiger partial charge in [0.05, 0.1) is 6.61 Å². The van der Waals surface area contributed by atoms with Crippen molar-refractivity contribution < 1.29 is 9.52 Å². The zero-order chi connectivity index (χ0) is 13.7. The molecular weight excluding hydrogens is 242 g/mol. The van der Waals surface area contributed by atoms with Gasteiger partial charge in [-0.05, 0) is 24.1 Å². The third-order valence-electron chi connectivity index (χ3n) is 2.91. The fraction of sp³-hybridized carbons (Fsp3) is 0.429. The van der Waals surface area contributed by atoms with Crippen LogP contribution in [-0.2, 0) is 19.3 Å². The summed E-state index contributed by atoms with van der Waals surface area (Å²) in [6.07, 6.45) is 2.01. The molecule has 5 heteroatoms. The van der Waals surface area contributed by atoms with E-state index in [0.717, 1.165) is 12.8 Å². The van der Waals surface area contributed by atoms with Crippen molar-refractivity contribution in [2.45, 2.75) is 19.3 Å². The average molecular weight is 261 g/mol. The summed E-state index contributed by atoms with van der Waals surface area (Å²) in [5, 5.41) is 16.6. The maximum Gasteiger partial charge on any atom is 0.218 e. The zero-order valence-electron chi connectivity index (χ0n) is 11.3. The smallest absolute Gasteiger partial charge is 0.218 e. The SMILES string of the molecule is CN(C)c1ccc(CCc2nnc(CCO)o2)cc1. The van der Waals surface area contributed by atoms with Crippen LogP contribution < -0.4 is 4.90 Å². The minimum atomic E-state index is 0.0353. The molecule has 0 aliphatic heterocycles. The van der Waals surface area contributed by atoms with Gasteiger partial charge in [0.1, 0.15) is 0 Å². The van der Waals surface area contributed by atoms with Crippen LogP contribution >= 0.6 is 0 Å². The Morgan fingerprint density at radius 1 is 1.00 bits per heavy atom. The van der Waals surface area contributed by atoms with Crippen LogP contribution in [0.25, 0.3) is 0 Å². The summed E-state index contributed by atoms with van der Waals surface area (Å²) in [5.74, 6) is 1.13. The van der Waals surface area contributed by atoms with Gasteiger partial charge in [0, 0.05) is 32.6 Å². The number of nitrogens with zero attached hydrogens (tertiary/aromatic N) is 3. The van der Waals surface area contributed by atoms with Crippen LogP contribution in [0, 0.1) is 0 Å². The van der Waals surface area contributed by atoms with Crippen molar-refractivity contribution in [2.24, 2.45) is 0 Å². The van der Waals surface area contributed by atoms with Gasteiger partial charge in [0.15, 0.2) is 0 Å². The van der Waals surface area contributed by atoms with Crippen LogP contribution in [0.1, 0.15) is 17.3 Å². The number of anilines is 1. The number of aromatic nitrogens is 2. The second-order valence-corrected chi connectivity index (χ2v) is 4.62. The lowest BCUT2D eigenvalue weighted by Crippen LogP contribution is -2.08. The molecule has 0 atom stereocenters. The number of hydrogen-bond donors (Lipinski definition) is 1. The first-order chi connectivity index (χ1) is 9.19. The standard InChI is InChI=1S/C14H19N3O2/c1-17(2)12-6-3-11(4-7-12)5-8-13-15-16-14(19-13)9-10-18/h3-4,6-7,18H,5,8-10H2,1-2H3. The molecule has 19 heavy (non-hydrogen) atoms. The van der Waals surface area contributed by atoms with Crippen molar-refractivity contribution >= 4 is 5.69 Å². The first-order valence-corrected chi connectivity index (χ1v) is 6.37. The first-order valence-electron chi connectivity index (χ1n) is 6.37. The van der Waals surface area contributed by atoms with Gasteiger partial charge in [-0.1, -0.05) is 12.1 Å². The molecule has 0 saturated heterocycles. The Morgan fingerprint density at radius 3 is 2.21 bits per heavy atom. The Kier molecular flexibility index (Phi) is 4.52. The fourth-order valence-electron chi connectivity index (χ4n) is 1.80. The van der Waals surface area contributed by atoms with E-state index >= 15 is 0 Å². The van der Waals surface area contributed by atoms with Crippen LogP contribution in [0.3, 0.4) is 0 Å². The van der Waals surface area contributed by atoms with Gasteiger partial charge >= 0.3 is 0 Å². The number of aliphatic hydroxyl groups excluding tert-OH is 1. The molecule has 102 valence electrons. The lowest BCUT2D eigenvalue weighted by Gasteiger charge is -2.12. The van der Waals surface area contributed by atoms with E-state index in [4.69, 9.17) is 9.52 Å². The van der Waals surface area contributed by atoms with Crippen molar-refractivity contribution in [3.63, 3.8) is 0 Å². The molecule has 1 aromatic heterocycles. The maximum atomic E-state index is 8.78. The van der Waals surface area contributed by atoms with E-state index in [9.17, 15) is 0 Å². The van der Waals surface area contributed by atoms with Crippen molar-refractivity contribution in [1.29, 1.82) is 0 Å². The summed E-state index contributed by atoms with van der Waals surface area (Å²) in [5.41, 5.74) is 2.43. The molecule has 0 unspecified atom stereocenters. The highest BCUT2D eigenvalue weighted by Crippen LogP contribution is 2.14. The van der Waals surface area contributed by atoms with E-state index < -0.39 is 0 Å². The summed E-state index contributed by atoms with van der Waals surface area (Å²) >= 11 is 0. The molecular formula is C14H19N3O2. The second kappa shape index (κ2) is 6.33. The quantitative estimate of drug-likeness (QED) is 0.853. The van der Waals surface area contributed by atoms with Crippen molar-refractivity contribution in [2.75, 3.05) is 25.6 Å². The summed E-state index contributed by atoms with van der Waals surface area (Å²) in [4.78, 5) is 2.07. The highest BCUT2D eigenvalue weighted by atomic mass is 16.4.